The number of rotatable bonds is 2. The van der Waals surface area contributed by atoms with Gasteiger partial charge in [0, 0.05) is 67.1 Å². The second-order valence-corrected chi connectivity index (χ2v) is 8.78. The molecule has 0 bridgehead atoms. The van der Waals surface area contributed by atoms with E-state index >= 15 is 0 Å². The molecule has 30 heavy (non-hydrogen) atoms. The number of fused-ring (bicyclic) bond motifs is 3. The molecule has 1 aromatic carbocycles. The highest BCUT2D eigenvalue weighted by atomic mass is 16.5. The molecule has 7 nitrogen and oxygen atoms in total. The topological polar surface area (TPSA) is 72.3 Å². The molecule has 3 aliphatic rings. The van der Waals surface area contributed by atoms with Crippen molar-refractivity contribution in [3.63, 3.8) is 0 Å². The van der Waals surface area contributed by atoms with Crippen LogP contribution in [0.2, 0.25) is 0 Å². The fourth-order valence-electron chi connectivity index (χ4n) is 5.07. The average molecular weight is 403 g/mol. The Morgan fingerprint density at radius 1 is 1.17 bits per heavy atom. The fourth-order valence-corrected chi connectivity index (χ4v) is 5.07. The van der Waals surface area contributed by atoms with E-state index in [2.05, 4.69) is 33.2 Å². The van der Waals surface area contributed by atoms with Crippen LogP contribution in [0, 0.1) is 0 Å². The maximum absolute atomic E-state index is 12.6. The number of nitrogens with one attached hydrogen (secondary N) is 1. The Balaban J connectivity index is 1.19. The molecule has 5 heterocycles. The van der Waals surface area contributed by atoms with E-state index in [1.54, 1.807) is 0 Å². The van der Waals surface area contributed by atoms with Crippen molar-refractivity contribution < 1.29 is 9.53 Å². The summed E-state index contributed by atoms with van der Waals surface area (Å²) in [4.78, 5) is 19.2. The van der Waals surface area contributed by atoms with E-state index in [4.69, 9.17) is 9.84 Å². The normalized spacial score (nSPS) is 20.3. The van der Waals surface area contributed by atoms with Gasteiger partial charge in [0.15, 0.2) is 0 Å². The van der Waals surface area contributed by atoms with Gasteiger partial charge in [-0.15, -0.1) is 0 Å². The molecular formula is C23H25N5O2. The molecule has 2 amide bonds. The molecule has 3 aliphatic heterocycles. The number of hydrogen-bond donors (Lipinski definition) is 1. The summed E-state index contributed by atoms with van der Waals surface area (Å²) in [5.74, 6) is 0. The second kappa shape index (κ2) is 6.80. The zero-order valence-corrected chi connectivity index (χ0v) is 16.9. The van der Waals surface area contributed by atoms with Gasteiger partial charge in [-0.05, 0) is 37.5 Å². The lowest BCUT2D eigenvalue weighted by Crippen LogP contribution is -2.63. The Morgan fingerprint density at radius 2 is 2.00 bits per heavy atom. The summed E-state index contributed by atoms with van der Waals surface area (Å²) in [5.41, 5.74) is 4.30. The summed E-state index contributed by atoms with van der Waals surface area (Å²) in [6.45, 7) is 3.92. The third-order valence-electron chi connectivity index (χ3n) is 6.83. The Bertz CT molecular complexity index is 1110. The van der Waals surface area contributed by atoms with E-state index in [1.165, 1.54) is 5.69 Å². The molecule has 2 fully saturated rings. The number of pyridine rings is 1. The second-order valence-electron chi connectivity index (χ2n) is 8.78. The van der Waals surface area contributed by atoms with Crippen molar-refractivity contribution in [2.24, 2.45) is 0 Å². The molecule has 6 rings (SSSR count). The van der Waals surface area contributed by atoms with Gasteiger partial charge < -0.3 is 15.0 Å². The van der Waals surface area contributed by atoms with Crippen LogP contribution in [0.25, 0.3) is 22.2 Å². The number of amides is 2. The molecule has 1 N–H and O–H groups in total. The zero-order valence-electron chi connectivity index (χ0n) is 16.9. The first-order valence-electron chi connectivity index (χ1n) is 10.8. The highest BCUT2D eigenvalue weighted by Crippen LogP contribution is 2.43. The zero-order chi connectivity index (χ0) is 20.1. The van der Waals surface area contributed by atoms with Crippen LogP contribution in [-0.2, 0) is 16.7 Å². The molecule has 154 valence electrons. The number of urea groups is 1. The quantitative estimate of drug-likeness (QED) is 0.714. The molecule has 3 aromatic rings. The number of nitrogens with zero attached hydrogens (tertiary/aromatic N) is 4. The molecule has 0 saturated carbocycles. The van der Waals surface area contributed by atoms with E-state index in [9.17, 15) is 4.79 Å². The van der Waals surface area contributed by atoms with E-state index in [1.807, 2.05) is 29.3 Å². The summed E-state index contributed by atoms with van der Waals surface area (Å²) < 4.78 is 7.50. The van der Waals surface area contributed by atoms with Gasteiger partial charge in [-0.1, -0.05) is 18.2 Å². The summed E-state index contributed by atoms with van der Waals surface area (Å²) in [5, 5.41) is 9.15. The van der Waals surface area contributed by atoms with Crippen LogP contribution in [0.4, 0.5) is 4.79 Å². The molecular weight excluding hydrogens is 378 g/mol. The average Bonchev–Trinajstić information content (AvgIpc) is 3.32. The van der Waals surface area contributed by atoms with Gasteiger partial charge in [-0.2, -0.15) is 5.10 Å². The van der Waals surface area contributed by atoms with Crippen LogP contribution in [0.5, 0.6) is 0 Å². The van der Waals surface area contributed by atoms with Gasteiger partial charge >= 0.3 is 6.03 Å². The van der Waals surface area contributed by atoms with Crippen molar-refractivity contribution in [3.8, 4) is 11.3 Å². The lowest BCUT2D eigenvalue weighted by atomic mass is 9.76. The van der Waals surface area contributed by atoms with Crippen LogP contribution in [0.3, 0.4) is 0 Å². The minimum Gasteiger partial charge on any atom is -0.381 e. The van der Waals surface area contributed by atoms with Crippen LogP contribution in [0.15, 0.2) is 42.6 Å². The molecule has 2 aromatic heterocycles. The summed E-state index contributed by atoms with van der Waals surface area (Å²) in [6.07, 6.45) is 4.76. The molecule has 2 saturated heterocycles. The van der Waals surface area contributed by atoms with Crippen molar-refractivity contribution in [3.05, 3.63) is 48.3 Å². The van der Waals surface area contributed by atoms with Crippen molar-refractivity contribution in [1.29, 1.82) is 0 Å². The number of aromatic nitrogens is 3. The van der Waals surface area contributed by atoms with Crippen LogP contribution in [-0.4, -0.2) is 58.0 Å². The van der Waals surface area contributed by atoms with Gasteiger partial charge in [0.05, 0.1) is 11.2 Å². The maximum atomic E-state index is 12.6. The SMILES string of the molecule is O=C(NC1CCOCC1)N1CC2(CCn3nc(-c4cnc5ccccc5c4)cc32)C1. The smallest absolute Gasteiger partial charge is 0.317 e. The number of hydrogen-bond acceptors (Lipinski definition) is 4. The van der Waals surface area contributed by atoms with E-state index < -0.39 is 0 Å². The number of likely N-dealkylation sites (tertiary alicyclic amines) is 1. The summed E-state index contributed by atoms with van der Waals surface area (Å²) in [6, 6.07) is 12.8. The molecule has 0 unspecified atom stereocenters. The first-order valence-corrected chi connectivity index (χ1v) is 10.8. The Labute approximate surface area is 175 Å². The first-order chi connectivity index (χ1) is 14.7. The first kappa shape index (κ1) is 17.9. The van der Waals surface area contributed by atoms with E-state index in [0.717, 1.165) is 74.3 Å². The van der Waals surface area contributed by atoms with Gasteiger partial charge in [0.2, 0.25) is 0 Å². The minimum atomic E-state index is 0.0442. The van der Waals surface area contributed by atoms with Crippen LogP contribution < -0.4 is 5.32 Å². The summed E-state index contributed by atoms with van der Waals surface area (Å²) in [7, 11) is 0. The monoisotopic (exact) mass is 403 g/mol. The molecule has 0 atom stereocenters. The summed E-state index contributed by atoms with van der Waals surface area (Å²) >= 11 is 0. The number of aryl methyl sites for hydroxylation is 1. The lowest BCUT2D eigenvalue weighted by Gasteiger charge is -2.47. The Hall–Kier alpha value is -2.93. The lowest BCUT2D eigenvalue weighted by molar-refractivity contribution is 0.0661. The standard InChI is InChI=1S/C23H25N5O2/c29-22(25-18-5-9-30-10-6-18)27-14-23(15-27)7-8-28-21(23)12-20(26-28)17-11-16-3-1-2-4-19(16)24-13-17/h1-4,11-13,18H,5-10,14-15H2,(H,25,29). The molecule has 0 radical (unpaired) electrons. The number of benzene rings is 1. The highest BCUT2D eigenvalue weighted by Gasteiger charge is 2.51. The highest BCUT2D eigenvalue weighted by molar-refractivity contribution is 5.83. The molecule has 0 aliphatic carbocycles. The number of carbonyl (C=O) groups is 1. The van der Waals surface area contributed by atoms with Crippen molar-refractivity contribution in [2.75, 3.05) is 26.3 Å². The third-order valence-corrected chi connectivity index (χ3v) is 6.83. The van der Waals surface area contributed by atoms with Crippen LogP contribution >= 0.6 is 0 Å². The predicted octanol–water partition coefficient (Wildman–Crippen LogP) is 2.94. The van der Waals surface area contributed by atoms with Crippen molar-refractivity contribution in [2.45, 2.75) is 37.3 Å². The van der Waals surface area contributed by atoms with Gasteiger partial charge in [-0.3, -0.25) is 9.67 Å². The third kappa shape index (κ3) is 2.88. The largest absolute Gasteiger partial charge is 0.381 e. The van der Waals surface area contributed by atoms with Crippen molar-refractivity contribution >= 4 is 16.9 Å². The van der Waals surface area contributed by atoms with E-state index in [-0.39, 0.29) is 17.5 Å². The van der Waals surface area contributed by atoms with Gasteiger partial charge in [-0.25, -0.2) is 4.79 Å². The predicted molar refractivity (Wildman–Crippen MR) is 113 cm³/mol. The number of ether oxygens (including phenoxy) is 1. The number of para-hydroxylation sites is 1. The van der Waals surface area contributed by atoms with Crippen molar-refractivity contribution in [1.82, 2.24) is 25.0 Å². The fraction of sp³-hybridized carbons (Fsp3) is 0.435. The van der Waals surface area contributed by atoms with Gasteiger partial charge in [0.1, 0.15) is 0 Å². The van der Waals surface area contributed by atoms with Gasteiger partial charge in [0.25, 0.3) is 0 Å². The Kier molecular flexibility index (Phi) is 4.06. The maximum Gasteiger partial charge on any atom is 0.317 e. The Morgan fingerprint density at radius 3 is 2.87 bits per heavy atom. The minimum absolute atomic E-state index is 0.0442. The molecule has 7 heteroatoms. The van der Waals surface area contributed by atoms with Crippen LogP contribution in [0.1, 0.15) is 25.0 Å². The molecule has 1 spiro atoms. The number of carbonyl (C=O) groups excluding carboxylic acids is 1. The van der Waals surface area contributed by atoms with E-state index in [0.29, 0.717) is 0 Å².